The van der Waals surface area contributed by atoms with Crippen LogP contribution in [0.3, 0.4) is 0 Å². The van der Waals surface area contributed by atoms with Crippen LogP contribution < -0.4 is 0 Å². The Bertz CT molecular complexity index is 1030. The van der Waals surface area contributed by atoms with Crippen LogP contribution in [0.4, 0.5) is 13.2 Å². The minimum absolute atomic E-state index is 0.0565. The van der Waals surface area contributed by atoms with Gasteiger partial charge in [-0.2, -0.15) is 13.2 Å². The Labute approximate surface area is 160 Å². The normalized spacial score (nSPS) is 12.4. The number of rotatable bonds is 3. The zero-order valence-electron chi connectivity index (χ0n) is 15.7. The standard InChI is InChI=1S/C21H20F3NO3/c1-20(2,3)28-19(27)17-11-13-6-4-5-7-16(13)25(17)12-14-10-15(21(22,23)24)8-9-18(14)26/h4-11,26H,12H2,1-3H3. The molecule has 0 amide bonds. The van der Waals surface area contributed by atoms with E-state index in [4.69, 9.17) is 4.74 Å². The molecule has 3 aromatic rings. The highest BCUT2D eigenvalue weighted by molar-refractivity contribution is 5.96. The second kappa shape index (κ2) is 6.89. The molecular weight excluding hydrogens is 371 g/mol. The van der Waals surface area contributed by atoms with Crippen LogP contribution in [0.15, 0.2) is 48.5 Å². The van der Waals surface area contributed by atoms with Gasteiger partial charge in [0.2, 0.25) is 0 Å². The van der Waals surface area contributed by atoms with E-state index in [0.29, 0.717) is 5.52 Å². The molecule has 0 aliphatic carbocycles. The van der Waals surface area contributed by atoms with Gasteiger partial charge in [0, 0.05) is 16.5 Å². The van der Waals surface area contributed by atoms with E-state index in [9.17, 15) is 23.1 Å². The molecule has 1 aromatic heterocycles. The first-order chi connectivity index (χ1) is 13.0. The van der Waals surface area contributed by atoms with Gasteiger partial charge in [-0.3, -0.25) is 0 Å². The molecule has 0 saturated heterocycles. The lowest BCUT2D eigenvalue weighted by atomic mass is 10.1. The van der Waals surface area contributed by atoms with Gasteiger partial charge in [-0.15, -0.1) is 0 Å². The summed E-state index contributed by atoms with van der Waals surface area (Å²) in [7, 11) is 0. The number of hydrogen-bond acceptors (Lipinski definition) is 3. The summed E-state index contributed by atoms with van der Waals surface area (Å²) in [6.07, 6.45) is -4.53. The van der Waals surface area contributed by atoms with Gasteiger partial charge in [0.05, 0.1) is 12.1 Å². The molecule has 2 aromatic carbocycles. The predicted octanol–water partition coefficient (Wildman–Crippen LogP) is 5.37. The molecule has 0 bridgehead atoms. The highest BCUT2D eigenvalue weighted by Crippen LogP contribution is 2.33. The molecule has 0 fully saturated rings. The number of esters is 1. The second-order valence-electron chi connectivity index (χ2n) is 7.52. The summed E-state index contributed by atoms with van der Waals surface area (Å²) in [6, 6.07) is 11.5. The number of hydrogen-bond donors (Lipinski definition) is 1. The van der Waals surface area contributed by atoms with Crippen LogP contribution >= 0.6 is 0 Å². The molecule has 0 saturated carbocycles. The van der Waals surface area contributed by atoms with Crippen molar-refractivity contribution in [1.82, 2.24) is 4.57 Å². The molecule has 28 heavy (non-hydrogen) atoms. The Kier molecular flexibility index (Phi) is 4.87. The van der Waals surface area contributed by atoms with E-state index in [0.717, 1.165) is 23.6 Å². The number of para-hydroxylation sites is 1. The van der Waals surface area contributed by atoms with Crippen molar-refractivity contribution < 1.29 is 27.8 Å². The summed E-state index contributed by atoms with van der Waals surface area (Å²) in [4.78, 5) is 12.7. The van der Waals surface area contributed by atoms with Crippen molar-refractivity contribution in [1.29, 1.82) is 0 Å². The number of halogens is 3. The molecule has 4 nitrogen and oxygen atoms in total. The number of ether oxygens (including phenoxy) is 1. The SMILES string of the molecule is CC(C)(C)OC(=O)c1cc2ccccc2n1Cc1cc(C(F)(F)F)ccc1O. The van der Waals surface area contributed by atoms with Crippen molar-refractivity contribution in [3.63, 3.8) is 0 Å². The largest absolute Gasteiger partial charge is 0.508 e. The quantitative estimate of drug-likeness (QED) is 0.611. The van der Waals surface area contributed by atoms with Crippen LogP contribution in [-0.2, 0) is 17.5 Å². The van der Waals surface area contributed by atoms with Crippen molar-refractivity contribution in [3.05, 3.63) is 65.4 Å². The highest BCUT2D eigenvalue weighted by Gasteiger charge is 2.31. The number of alkyl halides is 3. The Morgan fingerprint density at radius 2 is 1.75 bits per heavy atom. The summed E-state index contributed by atoms with van der Waals surface area (Å²) < 4.78 is 46.2. The Morgan fingerprint density at radius 3 is 2.39 bits per heavy atom. The van der Waals surface area contributed by atoms with Gasteiger partial charge in [-0.1, -0.05) is 18.2 Å². The van der Waals surface area contributed by atoms with E-state index < -0.39 is 23.3 Å². The second-order valence-corrected chi connectivity index (χ2v) is 7.52. The average molecular weight is 391 g/mol. The van der Waals surface area contributed by atoms with Crippen LogP contribution in [0.5, 0.6) is 5.75 Å². The van der Waals surface area contributed by atoms with Crippen molar-refractivity contribution >= 4 is 16.9 Å². The van der Waals surface area contributed by atoms with Crippen LogP contribution in [0, 0.1) is 0 Å². The minimum atomic E-state index is -4.53. The van der Waals surface area contributed by atoms with E-state index in [1.165, 1.54) is 0 Å². The third kappa shape index (κ3) is 4.13. The van der Waals surface area contributed by atoms with Crippen LogP contribution in [0.2, 0.25) is 0 Å². The highest BCUT2D eigenvalue weighted by atomic mass is 19.4. The lowest BCUT2D eigenvalue weighted by molar-refractivity contribution is -0.137. The topological polar surface area (TPSA) is 51.5 Å². The predicted molar refractivity (Wildman–Crippen MR) is 99.3 cm³/mol. The van der Waals surface area contributed by atoms with Gasteiger partial charge >= 0.3 is 12.1 Å². The average Bonchev–Trinajstić information content (AvgIpc) is 2.93. The lowest BCUT2D eigenvalue weighted by Crippen LogP contribution is -2.25. The smallest absolute Gasteiger partial charge is 0.416 e. The van der Waals surface area contributed by atoms with Gasteiger partial charge < -0.3 is 14.4 Å². The number of nitrogens with zero attached hydrogens (tertiary/aromatic N) is 1. The first-order valence-electron chi connectivity index (χ1n) is 8.66. The molecule has 0 spiro atoms. The van der Waals surface area contributed by atoms with Crippen molar-refractivity contribution in [2.24, 2.45) is 0 Å². The minimum Gasteiger partial charge on any atom is -0.508 e. The third-order valence-corrected chi connectivity index (χ3v) is 4.15. The van der Waals surface area contributed by atoms with E-state index in [1.54, 1.807) is 55.7 Å². The van der Waals surface area contributed by atoms with Crippen LogP contribution in [-0.4, -0.2) is 21.2 Å². The van der Waals surface area contributed by atoms with Crippen molar-refractivity contribution in [3.8, 4) is 5.75 Å². The Balaban J connectivity index is 2.10. The van der Waals surface area contributed by atoms with E-state index in [-0.39, 0.29) is 23.6 Å². The van der Waals surface area contributed by atoms with Crippen LogP contribution in [0.25, 0.3) is 10.9 Å². The number of aromatic hydroxyl groups is 1. The first-order valence-corrected chi connectivity index (χ1v) is 8.66. The zero-order chi connectivity index (χ0) is 20.7. The number of phenolic OH excluding ortho intramolecular Hbond substituents is 1. The van der Waals surface area contributed by atoms with Gasteiger partial charge in [0.15, 0.2) is 0 Å². The molecule has 1 N–H and O–H groups in total. The maximum atomic E-state index is 13.1. The molecule has 7 heteroatoms. The molecular formula is C21H20F3NO3. The van der Waals surface area contributed by atoms with Gasteiger partial charge in [-0.25, -0.2) is 4.79 Å². The first kappa shape index (κ1) is 19.8. The van der Waals surface area contributed by atoms with E-state index >= 15 is 0 Å². The van der Waals surface area contributed by atoms with E-state index in [1.807, 2.05) is 0 Å². The summed E-state index contributed by atoms with van der Waals surface area (Å²) in [5.41, 5.74) is -0.679. The maximum absolute atomic E-state index is 13.1. The summed E-state index contributed by atoms with van der Waals surface area (Å²) >= 11 is 0. The number of carbonyl (C=O) groups excluding carboxylic acids is 1. The molecule has 0 radical (unpaired) electrons. The molecule has 1 heterocycles. The number of carbonyl (C=O) groups is 1. The fourth-order valence-corrected chi connectivity index (χ4v) is 2.94. The molecule has 0 unspecified atom stereocenters. The maximum Gasteiger partial charge on any atom is 0.416 e. The van der Waals surface area contributed by atoms with Gasteiger partial charge in [-0.05, 0) is 51.1 Å². The summed E-state index contributed by atoms with van der Waals surface area (Å²) in [5.74, 6) is -0.865. The third-order valence-electron chi connectivity index (χ3n) is 4.15. The molecule has 0 atom stereocenters. The summed E-state index contributed by atoms with van der Waals surface area (Å²) in [5, 5.41) is 10.8. The van der Waals surface area contributed by atoms with Crippen LogP contribution in [0.1, 0.15) is 42.4 Å². The number of aromatic nitrogens is 1. The van der Waals surface area contributed by atoms with Crippen molar-refractivity contribution in [2.45, 2.75) is 39.1 Å². The number of fused-ring (bicyclic) bond motifs is 1. The number of phenols is 1. The monoisotopic (exact) mass is 391 g/mol. The van der Waals surface area contributed by atoms with Crippen molar-refractivity contribution in [2.75, 3.05) is 0 Å². The summed E-state index contributed by atoms with van der Waals surface area (Å²) in [6.45, 7) is 5.08. The molecule has 3 rings (SSSR count). The molecule has 148 valence electrons. The van der Waals surface area contributed by atoms with Gasteiger partial charge in [0.25, 0.3) is 0 Å². The van der Waals surface area contributed by atoms with Gasteiger partial charge in [0.1, 0.15) is 17.0 Å². The Morgan fingerprint density at radius 1 is 1.07 bits per heavy atom. The molecule has 0 aliphatic rings. The fraction of sp³-hybridized carbons (Fsp3) is 0.286. The van der Waals surface area contributed by atoms with E-state index in [2.05, 4.69) is 0 Å². The molecule has 0 aliphatic heterocycles. The lowest BCUT2D eigenvalue weighted by Gasteiger charge is -2.20. The Hall–Kier alpha value is -2.96. The number of benzene rings is 2. The fourth-order valence-electron chi connectivity index (χ4n) is 2.94. The zero-order valence-corrected chi connectivity index (χ0v) is 15.7.